The van der Waals surface area contributed by atoms with Crippen LogP contribution in [0.15, 0.2) is 56.9 Å². The van der Waals surface area contributed by atoms with Crippen molar-refractivity contribution in [2.24, 2.45) is 4.99 Å². The van der Waals surface area contributed by atoms with Gasteiger partial charge in [-0.25, -0.2) is 13.1 Å². The molecule has 3 aromatic rings. The summed E-state index contributed by atoms with van der Waals surface area (Å²) in [5.41, 5.74) is 2.59. The van der Waals surface area contributed by atoms with Crippen LogP contribution in [0, 0.1) is 18.3 Å². The predicted octanol–water partition coefficient (Wildman–Crippen LogP) is 6.10. The number of hydrogen-bond acceptors (Lipinski definition) is 8. The Morgan fingerprint density at radius 2 is 1.91 bits per heavy atom. The summed E-state index contributed by atoms with van der Waals surface area (Å²) in [6.07, 6.45) is 6.39. The van der Waals surface area contributed by atoms with Gasteiger partial charge in [-0.3, -0.25) is 14.7 Å². The second kappa shape index (κ2) is 12.7. The highest BCUT2D eigenvalue weighted by atomic mass is 32.2. The van der Waals surface area contributed by atoms with Crippen molar-refractivity contribution in [1.29, 1.82) is 5.26 Å². The van der Waals surface area contributed by atoms with Crippen LogP contribution in [-0.2, 0) is 32.7 Å². The molecule has 1 spiro atoms. The normalized spacial score (nSPS) is 16.1. The molecule has 1 N–H and O–H groups in total. The van der Waals surface area contributed by atoms with Crippen LogP contribution in [0.25, 0.3) is 11.1 Å². The van der Waals surface area contributed by atoms with E-state index in [1.807, 2.05) is 36.1 Å². The van der Waals surface area contributed by atoms with Crippen molar-refractivity contribution < 1.29 is 22.5 Å². The number of aliphatic imine (C=N–C) groups is 1. The van der Waals surface area contributed by atoms with Crippen LogP contribution in [0.2, 0.25) is 0 Å². The van der Waals surface area contributed by atoms with E-state index in [1.54, 1.807) is 25.1 Å². The third kappa shape index (κ3) is 6.08. The molecule has 226 valence electrons. The molecule has 1 saturated carbocycles. The number of rotatable bonds is 12. The van der Waals surface area contributed by atoms with Crippen LogP contribution < -0.4 is 4.72 Å². The Bertz CT molecular complexity index is 1680. The molecule has 1 fully saturated rings. The number of aryl methyl sites for hydroxylation is 1. The number of amidine groups is 1. The summed E-state index contributed by atoms with van der Waals surface area (Å²) >= 11 is 0. The number of hydrogen-bond donors (Lipinski definition) is 1. The zero-order chi connectivity index (χ0) is 30.6. The molecule has 1 aliphatic carbocycles. The molecule has 10 nitrogen and oxygen atoms in total. The molecule has 1 aromatic heterocycles. The van der Waals surface area contributed by atoms with E-state index in [9.17, 15) is 18.5 Å². The fourth-order valence-electron chi connectivity index (χ4n) is 5.89. The molecule has 1 aliphatic heterocycles. The van der Waals surface area contributed by atoms with E-state index in [0.29, 0.717) is 30.0 Å². The van der Waals surface area contributed by atoms with Crippen LogP contribution >= 0.6 is 0 Å². The summed E-state index contributed by atoms with van der Waals surface area (Å²) < 4.78 is 40.5. The maximum absolute atomic E-state index is 13.7. The van der Waals surface area contributed by atoms with Crippen molar-refractivity contribution in [3.8, 4) is 17.2 Å². The lowest BCUT2D eigenvalue weighted by Gasteiger charge is -2.23. The molecule has 2 heterocycles. The zero-order valence-corrected chi connectivity index (χ0v) is 25.7. The molecular formula is C32H37N5O5S. The van der Waals surface area contributed by atoms with Gasteiger partial charge < -0.3 is 9.26 Å². The van der Waals surface area contributed by atoms with Gasteiger partial charge in [-0.05, 0) is 55.9 Å². The van der Waals surface area contributed by atoms with Crippen LogP contribution in [-0.4, -0.2) is 42.4 Å². The highest BCUT2D eigenvalue weighted by Gasteiger charge is 2.49. The number of anilines is 1. The zero-order valence-electron chi connectivity index (χ0n) is 24.9. The van der Waals surface area contributed by atoms with Gasteiger partial charge in [0.25, 0.3) is 21.8 Å². The van der Waals surface area contributed by atoms with Gasteiger partial charge in [0, 0.05) is 18.6 Å². The molecule has 5 rings (SSSR count). The lowest BCUT2D eigenvalue weighted by atomic mass is 9.96. The highest BCUT2D eigenvalue weighted by Crippen LogP contribution is 2.40. The predicted molar refractivity (Wildman–Crippen MR) is 163 cm³/mol. The number of carbonyl (C=O) groups excluding carboxylic acids is 1. The molecule has 0 atom stereocenters. The van der Waals surface area contributed by atoms with Gasteiger partial charge in [-0.2, -0.15) is 5.26 Å². The number of nitrogens with zero attached hydrogens (tertiary/aromatic N) is 4. The van der Waals surface area contributed by atoms with Gasteiger partial charge in [0.2, 0.25) is 0 Å². The van der Waals surface area contributed by atoms with Crippen molar-refractivity contribution >= 4 is 27.7 Å². The smallest absolute Gasteiger partial charge is 0.264 e. The topological polar surface area (TPSA) is 138 Å². The van der Waals surface area contributed by atoms with Crippen molar-refractivity contribution in [3.05, 3.63) is 64.8 Å². The average Bonchev–Trinajstić information content (AvgIpc) is 3.69. The first-order valence-electron chi connectivity index (χ1n) is 14.8. The number of unbranched alkanes of at least 4 members (excludes halogenated alkanes) is 1. The van der Waals surface area contributed by atoms with Crippen molar-refractivity contribution in [2.75, 3.05) is 11.3 Å². The van der Waals surface area contributed by atoms with Gasteiger partial charge >= 0.3 is 0 Å². The number of aromatic nitrogens is 1. The molecule has 0 saturated heterocycles. The molecule has 2 aliphatic rings. The first-order chi connectivity index (χ1) is 20.7. The molecule has 1 amide bonds. The Hall–Kier alpha value is -4.01. The van der Waals surface area contributed by atoms with Crippen LogP contribution in [0.5, 0.6) is 0 Å². The van der Waals surface area contributed by atoms with E-state index in [2.05, 4.69) is 16.8 Å². The van der Waals surface area contributed by atoms with Gasteiger partial charge in [0.1, 0.15) is 28.7 Å². The van der Waals surface area contributed by atoms with Crippen LogP contribution in [0.4, 0.5) is 5.88 Å². The summed E-state index contributed by atoms with van der Waals surface area (Å²) in [7, 11) is -4.16. The Morgan fingerprint density at radius 3 is 2.63 bits per heavy atom. The van der Waals surface area contributed by atoms with Gasteiger partial charge in [0.05, 0.1) is 18.0 Å². The Kier molecular flexibility index (Phi) is 8.99. The van der Waals surface area contributed by atoms with Gasteiger partial charge in [0.15, 0.2) is 0 Å². The SMILES string of the molecule is CCCCC1=NC2(CCCC2)C(=O)N1Cc1ccc(-c2ccccc2S(=O)(=O)Nc2onc(C)c2C#N)c(COCC)c1. The van der Waals surface area contributed by atoms with E-state index in [0.717, 1.165) is 61.9 Å². The van der Waals surface area contributed by atoms with Crippen molar-refractivity contribution in [2.45, 2.75) is 89.3 Å². The lowest BCUT2D eigenvalue weighted by molar-refractivity contribution is -0.131. The second-order valence-electron chi connectivity index (χ2n) is 11.1. The standard InChI is InChI=1S/C32H37N5O5S/c1-4-6-13-29-34-32(16-9-10-17-32)31(38)37(29)20-23-14-15-25(24(18-23)21-41-5-2)26-11-7-8-12-28(26)43(39,40)36-30-27(19-33)22(3)35-42-30/h7-8,11-12,14-15,18,36H,4-6,9-10,13,16-17,20-21H2,1-3H3. The summed E-state index contributed by atoms with van der Waals surface area (Å²) in [5, 5.41) is 13.2. The third-order valence-electron chi connectivity index (χ3n) is 8.12. The number of nitriles is 1. The molecule has 0 radical (unpaired) electrons. The minimum atomic E-state index is -4.16. The van der Waals surface area contributed by atoms with E-state index in [-0.39, 0.29) is 28.9 Å². The average molecular weight is 604 g/mol. The number of carbonyl (C=O) groups is 1. The molecule has 11 heteroatoms. The molecule has 0 bridgehead atoms. The maximum Gasteiger partial charge on any atom is 0.264 e. The van der Waals surface area contributed by atoms with Crippen LogP contribution in [0.3, 0.4) is 0 Å². The summed E-state index contributed by atoms with van der Waals surface area (Å²) in [5.74, 6) is 0.732. The van der Waals surface area contributed by atoms with E-state index in [4.69, 9.17) is 14.3 Å². The number of nitrogens with one attached hydrogen (secondary N) is 1. The molecule has 0 unspecified atom stereocenters. The summed E-state index contributed by atoms with van der Waals surface area (Å²) in [6.45, 7) is 6.74. The highest BCUT2D eigenvalue weighted by molar-refractivity contribution is 7.92. The van der Waals surface area contributed by atoms with Crippen molar-refractivity contribution in [3.63, 3.8) is 0 Å². The van der Waals surface area contributed by atoms with E-state index >= 15 is 0 Å². The number of ether oxygens (including phenoxy) is 1. The number of benzene rings is 2. The fraction of sp³-hybridized carbons (Fsp3) is 0.438. The Morgan fingerprint density at radius 1 is 1.14 bits per heavy atom. The fourth-order valence-corrected chi connectivity index (χ4v) is 7.11. The van der Waals surface area contributed by atoms with E-state index < -0.39 is 15.6 Å². The minimum Gasteiger partial charge on any atom is -0.377 e. The first kappa shape index (κ1) is 30.4. The largest absolute Gasteiger partial charge is 0.377 e. The van der Waals surface area contributed by atoms with E-state index in [1.165, 1.54) is 6.07 Å². The Labute approximate surface area is 252 Å². The first-order valence-corrected chi connectivity index (χ1v) is 16.3. The monoisotopic (exact) mass is 603 g/mol. The molecule has 2 aromatic carbocycles. The van der Waals surface area contributed by atoms with Crippen molar-refractivity contribution in [1.82, 2.24) is 10.1 Å². The summed E-state index contributed by atoms with van der Waals surface area (Å²) in [6, 6.07) is 14.4. The number of sulfonamides is 1. The third-order valence-corrected chi connectivity index (χ3v) is 9.51. The molecular weight excluding hydrogens is 566 g/mol. The minimum absolute atomic E-state index is 0.0188. The number of amides is 1. The second-order valence-corrected chi connectivity index (χ2v) is 12.7. The maximum atomic E-state index is 13.7. The lowest BCUT2D eigenvalue weighted by Crippen LogP contribution is -2.40. The summed E-state index contributed by atoms with van der Waals surface area (Å²) in [4.78, 5) is 20.6. The van der Waals surface area contributed by atoms with Crippen LogP contribution in [0.1, 0.15) is 81.2 Å². The molecule has 43 heavy (non-hydrogen) atoms. The quantitative estimate of drug-likeness (QED) is 0.264. The Balaban J connectivity index is 1.49. The van der Waals surface area contributed by atoms with Gasteiger partial charge in [-0.1, -0.05) is 67.7 Å². The van der Waals surface area contributed by atoms with Gasteiger partial charge in [-0.15, -0.1) is 0 Å².